The predicted octanol–water partition coefficient (Wildman–Crippen LogP) is 2.44. The second-order valence-electron chi connectivity index (χ2n) is 6.64. The minimum absolute atomic E-state index is 0.185. The zero-order chi connectivity index (χ0) is 17.6. The number of ether oxygens (including phenoxy) is 1. The number of likely N-dealkylation sites (tertiary alicyclic amines) is 1. The number of carbonyl (C=O) groups excluding carboxylic acids is 1. The number of piperidine rings is 1. The molecule has 0 radical (unpaired) electrons. The van der Waals surface area contributed by atoms with E-state index >= 15 is 0 Å². The van der Waals surface area contributed by atoms with Crippen molar-refractivity contribution in [3.8, 4) is 5.75 Å². The van der Waals surface area contributed by atoms with Crippen molar-refractivity contribution in [3.05, 3.63) is 42.1 Å². The Kier molecular flexibility index (Phi) is 5.94. The topological polar surface area (TPSA) is 45.2 Å². The molecule has 2 atom stereocenters. The van der Waals surface area contributed by atoms with Gasteiger partial charge in [-0.1, -0.05) is 24.6 Å². The summed E-state index contributed by atoms with van der Waals surface area (Å²) in [6.07, 6.45) is 5.82. The van der Waals surface area contributed by atoms with Crippen molar-refractivity contribution in [2.45, 2.75) is 38.3 Å². The van der Waals surface area contributed by atoms with Gasteiger partial charge < -0.3 is 14.5 Å². The van der Waals surface area contributed by atoms with Crippen LogP contribution in [0, 0.1) is 0 Å². The lowest BCUT2D eigenvalue weighted by Gasteiger charge is -2.41. The molecule has 0 amide bonds. The third kappa shape index (κ3) is 4.14. The molecule has 2 unspecified atom stereocenters. The van der Waals surface area contributed by atoms with E-state index in [1.165, 1.54) is 12.8 Å². The molecule has 2 aliphatic heterocycles. The zero-order valence-corrected chi connectivity index (χ0v) is 15.0. The van der Waals surface area contributed by atoms with Crippen molar-refractivity contribution in [1.29, 1.82) is 0 Å². The normalized spacial score (nSPS) is 24.9. The van der Waals surface area contributed by atoms with E-state index in [0.717, 1.165) is 24.4 Å². The van der Waals surface area contributed by atoms with Crippen molar-refractivity contribution >= 4 is 6.47 Å². The summed E-state index contributed by atoms with van der Waals surface area (Å²) in [7, 11) is 2.18. The molecule has 1 fully saturated rings. The molecule has 0 spiro atoms. The van der Waals surface area contributed by atoms with Crippen LogP contribution in [0.5, 0.6) is 5.75 Å². The monoisotopic (exact) mass is 345 g/mol. The molecule has 0 bridgehead atoms. The summed E-state index contributed by atoms with van der Waals surface area (Å²) in [5.74, 6) is 0.848. The van der Waals surface area contributed by atoms with Gasteiger partial charge in [-0.2, -0.15) is 5.01 Å². The lowest BCUT2D eigenvalue weighted by atomic mass is 9.95. The maximum Gasteiger partial charge on any atom is 0.322 e. The molecule has 1 saturated heterocycles. The fourth-order valence-corrected chi connectivity index (χ4v) is 3.76. The number of hydrogen-bond acceptors (Lipinski definition) is 6. The van der Waals surface area contributed by atoms with Crippen molar-refractivity contribution in [1.82, 2.24) is 15.1 Å². The lowest BCUT2D eigenvalue weighted by Crippen LogP contribution is -2.54. The van der Waals surface area contributed by atoms with Crippen molar-refractivity contribution in [2.24, 2.45) is 0 Å². The molecular weight excluding hydrogens is 318 g/mol. The molecule has 25 heavy (non-hydrogen) atoms. The van der Waals surface area contributed by atoms with E-state index < -0.39 is 0 Å². The molecule has 136 valence electrons. The third-order valence-electron chi connectivity index (χ3n) is 4.99. The molecule has 6 heteroatoms. The van der Waals surface area contributed by atoms with Crippen LogP contribution in [0.4, 0.5) is 0 Å². The Morgan fingerprint density at radius 1 is 1.24 bits per heavy atom. The summed E-state index contributed by atoms with van der Waals surface area (Å²) < 4.78 is 5.84. The minimum atomic E-state index is 0.185. The summed E-state index contributed by atoms with van der Waals surface area (Å²) >= 11 is 0. The third-order valence-corrected chi connectivity index (χ3v) is 4.99. The highest BCUT2D eigenvalue weighted by Crippen LogP contribution is 2.30. The maximum atomic E-state index is 10.9. The smallest absolute Gasteiger partial charge is 0.322 e. The molecule has 1 aromatic carbocycles. The van der Waals surface area contributed by atoms with E-state index in [1.54, 1.807) is 5.17 Å². The van der Waals surface area contributed by atoms with Crippen LogP contribution in [0.1, 0.15) is 26.2 Å². The van der Waals surface area contributed by atoms with E-state index in [-0.39, 0.29) is 6.04 Å². The Morgan fingerprint density at radius 3 is 2.76 bits per heavy atom. The zero-order valence-electron chi connectivity index (χ0n) is 15.0. The number of nitrogens with zero attached hydrogens (tertiary/aromatic N) is 3. The van der Waals surface area contributed by atoms with Crippen LogP contribution >= 0.6 is 0 Å². The van der Waals surface area contributed by atoms with Gasteiger partial charge in [-0.15, -0.1) is 5.17 Å². The highest BCUT2D eigenvalue weighted by atomic mass is 16.7. The van der Waals surface area contributed by atoms with Gasteiger partial charge in [0, 0.05) is 6.04 Å². The summed E-state index contributed by atoms with van der Waals surface area (Å²) in [6.45, 7) is 4.73. The van der Waals surface area contributed by atoms with E-state index in [4.69, 9.17) is 9.57 Å². The van der Waals surface area contributed by atoms with Gasteiger partial charge in [0.2, 0.25) is 0 Å². The number of benzene rings is 1. The van der Waals surface area contributed by atoms with Crippen molar-refractivity contribution in [3.63, 3.8) is 0 Å². The first-order valence-electron chi connectivity index (χ1n) is 8.94. The molecule has 0 aromatic heterocycles. The quantitative estimate of drug-likeness (QED) is 0.708. The van der Waals surface area contributed by atoms with E-state index in [2.05, 4.69) is 23.0 Å². The SMILES string of the molecule is CC1=CC(C2CCCCN2C)N(CCOc2ccccc2)N1OC=O. The summed E-state index contributed by atoms with van der Waals surface area (Å²) in [6, 6.07) is 10.4. The van der Waals surface area contributed by atoms with Crippen LogP contribution in [0.25, 0.3) is 0 Å². The van der Waals surface area contributed by atoms with Crippen LogP contribution in [0.3, 0.4) is 0 Å². The summed E-state index contributed by atoms with van der Waals surface area (Å²) in [5.41, 5.74) is 0.941. The Hall–Kier alpha value is -2.05. The first-order valence-corrected chi connectivity index (χ1v) is 8.94. The van der Waals surface area contributed by atoms with E-state index in [0.29, 0.717) is 25.7 Å². The summed E-state index contributed by atoms with van der Waals surface area (Å²) in [4.78, 5) is 18.6. The number of hydroxylamine groups is 1. The number of para-hydroxylation sites is 1. The predicted molar refractivity (Wildman–Crippen MR) is 95.4 cm³/mol. The standard InChI is InChI=1S/C19H27N3O3/c1-16-14-19(18-10-6-7-11-20(18)2)21(22(16)25-15-23)12-13-24-17-8-4-3-5-9-17/h3-5,8-9,14-15,18-19H,6-7,10-13H2,1-2H3. The van der Waals surface area contributed by atoms with Crippen LogP contribution in [-0.2, 0) is 9.63 Å². The number of hydrazine groups is 1. The first kappa shape index (κ1) is 17.8. The number of carbonyl (C=O) groups is 1. The molecule has 0 aliphatic carbocycles. The van der Waals surface area contributed by atoms with E-state index in [9.17, 15) is 4.79 Å². The number of rotatable bonds is 7. The molecule has 2 aliphatic rings. The van der Waals surface area contributed by atoms with Crippen molar-refractivity contribution < 1.29 is 14.4 Å². The van der Waals surface area contributed by atoms with Crippen LogP contribution < -0.4 is 4.74 Å². The van der Waals surface area contributed by atoms with Crippen LogP contribution in [0.15, 0.2) is 42.1 Å². The Morgan fingerprint density at radius 2 is 2.04 bits per heavy atom. The fraction of sp³-hybridized carbons (Fsp3) is 0.526. The van der Waals surface area contributed by atoms with Crippen LogP contribution in [-0.4, -0.2) is 60.4 Å². The molecule has 3 rings (SSSR count). The van der Waals surface area contributed by atoms with Gasteiger partial charge in [-0.05, 0) is 51.6 Å². The Balaban J connectivity index is 1.68. The van der Waals surface area contributed by atoms with Gasteiger partial charge in [-0.3, -0.25) is 4.79 Å². The molecule has 2 heterocycles. The highest BCUT2D eigenvalue weighted by Gasteiger charge is 2.39. The molecule has 0 N–H and O–H groups in total. The number of allylic oxidation sites excluding steroid dienone is 1. The van der Waals surface area contributed by atoms with Crippen LogP contribution in [0.2, 0.25) is 0 Å². The van der Waals surface area contributed by atoms with Gasteiger partial charge in [-0.25, -0.2) is 0 Å². The van der Waals surface area contributed by atoms with Gasteiger partial charge >= 0.3 is 6.47 Å². The van der Waals surface area contributed by atoms with Gasteiger partial charge in [0.1, 0.15) is 12.4 Å². The largest absolute Gasteiger partial charge is 0.492 e. The molecule has 6 nitrogen and oxygen atoms in total. The van der Waals surface area contributed by atoms with Gasteiger partial charge in [0.15, 0.2) is 0 Å². The molecular formula is C19H27N3O3. The maximum absolute atomic E-state index is 10.9. The lowest BCUT2D eigenvalue weighted by molar-refractivity contribution is -0.239. The summed E-state index contributed by atoms with van der Waals surface area (Å²) in [5, 5.41) is 3.70. The minimum Gasteiger partial charge on any atom is -0.492 e. The fourth-order valence-electron chi connectivity index (χ4n) is 3.76. The van der Waals surface area contributed by atoms with Gasteiger partial charge in [0.05, 0.1) is 18.3 Å². The van der Waals surface area contributed by atoms with Gasteiger partial charge in [0.25, 0.3) is 0 Å². The number of likely N-dealkylation sites (N-methyl/N-ethyl adjacent to an activating group) is 1. The second kappa shape index (κ2) is 8.36. The van der Waals surface area contributed by atoms with Crippen molar-refractivity contribution in [2.75, 3.05) is 26.7 Å². The molecule has 0 saturated carbocycles. The highest BCUT2D eigenvalue weighted by molar-refractivity contribution is 5.37. The van der Waals surface area contributed by atoms with E-state index in [1.807, 2.05) is 37.3 Å². The second-order valence-corrected chi connectivity index (χ2v) is 6.64. The first-order chi connectivity index (χ1) is 12.2. The Labute approximate surface area is 149 Å². The average molecular weight is 345 g/mol. The Bertz CT molecular complexity index is 593. The average Bonchev–Trinajstić information content (AvgIpc) is 2.93. The molecule has 1 aromatic rings. The number of hydrogen-bond donors (Lipinski definition) is 0.